The fraction of sp³-hybridized carbons (Fsp3) is 0. The molecule has 0 fully saturated rings. The molecule has 3 aromatic carbocycles. The van der Waals surface area contributed by atoms with Gasteiger partial charge in [-0.15, -0.1) is 0 Å². The van der Waals surface area contributed by atoms with Crippen LogP contribution in [0.1, 0.15) is 0 Å². The van der Waals surface area contributed by atoms with Crippen LogP contribution in [0.25, 0.3) is 21.5 Å². The first-order chi connectivity index (χ1) is 8.20. The molecular formula is C14H5F3. The predicted molar refractivity (Wildman–Crippen MR) is 59.0 cm³/mol. The summed E-state index contributed by atoms with van der Waals surface area (Å²) < 4.78 is 41.2. The largest absolute Gasteiger partial charge is 0.206 e. The van der Waals surface area contributed by atoms with E-state index in [0.717, 1.165) is 6.07 Å². The van der Waals surface area contributed by atoms with E-state index in [-0.39, 0.29) is 16.2 Å². The topological polar surface area (TPSA) is 0 Å². The van der Waals surface area contributed by atoms with Crippen molar-refractivity contribution in [2.75, 3.05) is 0 Å². The molecule has 0 atom stereocenters. The van der Waals surface area contributed by atoms with Crippen molar-refractivity contribution in [3.05, 3.63) is 59.9 Å². The third-order valence-electron chi connectivity index (χ3n) is 2.74. The van der Waals surface area contributed by atoms with Gasteiger partial charge in [0.25, 0.3) is 0 Å². The molecule has 17 heavy (non-hydrogen) atoms. The smallest absolute Gasteiger partial charge is 0.167 e. The summed E-state index contributed by atoms with van der Waals surface area (Å²) >= 11 is 0. The van der Waals surface area contributed by atoms with Crippen LogP contribution in [-0.4, -0.2) is 0 Å². The number of fused-ring (bicyclic) bond motifs is 3. The van der Waals surface area contributed by atoms with Crippen LogP contribution in [0, 0.1) is 29.6 Å². The molecule has 0 nitrogen and oxygen atoms in total. The molecule has 0 saturated carbocycles. The molecule has 0 aliphatic carbocycles. The highest BCUT2D eigenvalue weighted by atomic mass is 19.2. The number of hydrogen-bond acceptors (Lipinski definition) is 0. The number of rotatable bonds is 0. The molecule has 3 heteroatoms. The third-order valence-corrected chi connectivity index (χ3v) is 2.74. The van der Waals surface area contributed by atoms with Crippen LogP contribution in [0.3, 0.4) is 0 Å². The van der Waals surface area contributed by atoms with Crippen molar-refractivity contribution in [3.63, 3.8) is 0 Å². The van der Waals surface area contributed by atoms with Crippen LogP contribution in [0.5, 0.6) is 0 Å². The summed E-state index contributed by atoms with van der Waals surface area (Å²) in [6.45, 7) is 0. The molecule has 0 aliphatic rings. The molecule has 3 rings (SSSR count). The summed E-state index contributed by atoms with van der Waals surface area (Å²) in [5.41, 5.74) is 0. The van der Waals surface area contributed by atoms with E-state index in [1.165, 1.54) is 24.3 Å². The van der Waals surface area contributed by atoms with E-state index in [0.29, 0.717) is 5.39 Å². The molecule has 0 aliphatic heterocycles. The van der Waals surface area contributed by atoms with Crippen LogP contribution in [-0.2, 0) is 0 Å². The maximum atomic E-state index is 13.7. The molecule has 2 radical (unpaired) electrons. The minimum Gasteiger partial charge on any atom is -0.206 e. The molecule has 82 valence electrons. The average molecular weight is 230 g/mol. The standard InChI is InChI=1S/C14H5F3/c15-11-7-3-6-10-12(11)8-4-1-2-5-9(8)13(16)14(10)17/h1,4-7H. The van der Waals surface area contributed by atoms with Crippen molar-refractivity contribution < 1.29 is 13.2 Å². The van der Waals surface area contributed by atoms with Crippen LogP contribution in [0.2, 0.25) is 0 Å². The summed E-state index contributed by atoms with van der Waals surface area (Å²) in [7, 11) is 0. The Balaban J connectivity index is 2.72. The van der Waals surface area contributed by atoms with E-state index < -0.39 is 17.5 Å². The maximum absolute atomic E-state index is 13.7. The Labute approximate surface area is 95.3 Å². The lowest BCUT2D eigenvalue weighted by Crippen LogP contribution is -1.92. The first-order valence-corrected chi connectivity index (χ1v) is 4.96. The molecule has 0 bridgehead atoms. The highest BCUT2D eigenvalue weighted by molar-refractivity contribution is 6.08. The van der Waals surface area contributed by atoms with Gasteiger partial charge in [0.1, 0.15) is 5.82 Å². The van der Waals surface area contributed by atoms with Gasteiger partial charge in [-0.25, -0.2) is 13.2 Å². The average Bonchev–Trinajstić information content (AvgIpc) is 2.36. The van der Waals surface area contributed by atoms with E-state index in [4.69, 9.17) is 0 Å². The van der Waals surface area contributed by atoms with Crippen molar-refractivity contribution in [2.24, 2.45) is 0 Å². The summed E-state index contributed by atoms with van der Waals surface area (Å²) in [6, 6.07) is 11.8. The Morgan fingerprint density at radius 1 is 0.765 bits per heavy atom. The van der Waals surface area contributed by atoms with Gasteiger partial charge in [-0.2, -0.15) is 0 Å². The lowest BCUT2D eigenvalue weighted by Gasteiger charge is -2.07. The minimum absolute atomic E-state index is 0.0302. The molecule has 0 aromatic heterocycles. The van der Waals surface area contributed by atoms with Gasteiger partial charge in [0.2, 0.25) is 0 Å². The first-order valence-electron chi connectivity index (χ1n) is 4.96. The Morgan fingerprint density at radius 2 is 1.47 bits per heavy atom. The Hall–Kier alpha value is -2.03. The zero-order valence-electron chi connectivity index (χ0n) is 8.52. The maximum Gasteiger partial charge on any atom is 0.167 e. The summed E-state index contributed by atoms with van der Waals surface area (Å²) in [5.74, 6) is -2.65. The Morgan fingerprint density at radius 3 is 2.29 bits per heavy atom. The molecule has 0 N–H and O–H groups in total. The highest BCUT2D eigenvalue weighted by Gasteiger charge is 2.15. The molecule has 0 spiro atoms. The highest BCUT2D eigenvalue weighted by Crippen LogP contribution is 2.32. The summed E-state index contributed by atoms with van der Waals surface area (Å²) in [6.07, 6.45) is 0. The van der Waals surface area contributed by atoms with Gasteiger partial charge in [-0.1, -0.05) is 12.1 Å². The van der Waals surface area contributed by atoms with Crippen LogP contribution in [0.15, 0.2) is 30.3 Å². The minimum atomic E-state index is -1.05. The van der Waals surface area contributed by atoms with Crippen molar-refractivity contribution in [1.29, 1.82) is 0 Å². The van der Waals surface area contributed by atoms with E-state index >= 15 is 0 Å². The van der Waals surface area contributed by atoms with Crippen molar-refractivity contribution in [1.82, 2.24) is 0 Å². The first kappa shape index (κ1) is 10.1. The SMILES string of the molecule is Fc1c(F)c2c[c]cc(F)c2c2cc[c]cc12. The Kier molecular flexibility index (Phi) is 2.08. The number of benzene rings is 3. The summed E-state index contributed by atoms with van der Waals surface area (Å²) in [4.78, 5) is 0. The second-order valence-electron chi connectivity index (χ2n) is 3.69. The summed E-state index contributed by atoms with van der Waals surface area (Å²) in [5, 5.41) is 0.347. The van der Waals surface area contributed by atoms with Gasteiger partial charge in [0.15, 0.2) is 11.6 Å². The third kappa shape index (κ3) is 1.32. The second-order valence-corrected chi connectivity index (χ2v) is 3.69. The van der Waals surface area contributed by atoms with Gasteiger partial charge < -0.3 is 0 Å². The zero-order valence-corrected chi connectivity index (χ0v) is 8.52. The van der Waals surface area contributed by atoms with E-state index in [1.807, 2.05) is 0 Å². The number of hydrogen-bond donors (Lipinski definition) is 0. The predicted octanol–water partition coefficient (Wildman–Crippen LogP) is 4.01. The van der Waals surface area contributed by atoms with Gasteiger partial charge >= 0.3 is 0 Å². The van der Waals surface area contributed by atoms with E-state index in [2.05, 4.69) is 12.1 Å². The molecular weight excluding hydrogens is 225 g/mol. The van der Waals surface area contributed by atoms with Crippen LogP contribution in [0.4, 0.5) is 13.2 Å². The molecule has 0 amide bonds. The quantitative estimate of drug-likeness (QED) is 0.512. The van der Waals surface area contributed by atoms with Crippen molar-refractivity contribution >= 4 is 21.5 Å². The lowest BCUT2D eigenvalue weighted by atomic mass is 10.0. The number of halogens is 3. The normalized spacial score (nSPS) is 11.2. The lowest BCUT2D eigenvalue weighted by molar-refractivity contribution is 0.524. The van der Waals surface area contributed by atoms with Gasteiger partial charge in [-0.05, 0) is 35.7 Å². The monoisotopic (exact) mass is 230 g/mol. The molecule has 3 aromatic rings. The molecule has 0 saturated heterocycles. The van der Waals surface area contributed by atoms with E-state index in [1.54, 1.807) is 0 Å². The molecule has 0 heterocycles. The Bertz CT molecular complexity index is 732. The van der Waals surface area contributed by atoms with Gasteiger partial charge in [-0.3, -0.25) is 0 Å². The van der Waals surface area contributed by atoms with Crippen LogP contribution < -0.4 is 0 Å². The zero-order chi connectivity index (χ0) is 12.0. The fourth-order valence-electron chi connectivity index (χ4n) is 1.98. The van der Waals surface area contributed by atoms with Crippen molar-refractivity contribution in [3.8, 4) is 0 Å². The van der Waals surface area contributed by atoms with Crippen LogP contribution >= 0.6 is 0 Å². The second kappa shape index (κ2) is 3.48. The van der Waals surface area contributed by atoms with Crippen molar-refractivity contribution in [2.45, 2.75) is 0 Å². The molecule has 0 unspecified atom stereocenters. The van der Waals surface area contributed by atoms with Gasteiger partial charge in [0, 0.05) is 16.2 Å². The van der Waals surface area contributed by atoms with Gasteiger partial charge in [0.05, 0.1) is 0 Å². The fourth-order valence-corrected chi connectivity index (χ4v) is 1.98. The van der Waals surface area contributed by atoms with E-state index in [9.17, 15) is 13.2 Å².